The molecule has 154 valence electrons. The van der Waals surface area contributed by atoms with Crippen molar-refractivity contribution < 1.29 is 22.4 Å². The molecular formula is C21H17F3N4O2. The molecule has 2 aromatic heterocycles. The van der Waals surface area contributed by atoms with Crippen molar-refractivity contribution in [3.8, 4) is 11.6 Å². The average molecular weight is 414 g/mol. The fourth-order valence-electron chi connectivity index (χ4n) is 3.24. The largest absolute Gasteiger partial charge is 0.417 e. The smallest absolute Gasteiger partial charge is 0.406 e. The van der Waals surface area contributed by atoms with Crippen molar-refractivity contribution in [2.24, 2.45) is 0 Å². The van der Waals surface area contributed by atoms with Crippen LogP contribution in [0.5, 0.6) is 0 Å². The molecule has 2 heterocycles. The number of halogens is 3. The van der Waals surface area contributed by atoms with Crippen LogP contribution >= 0.6 is 0 Å². The average Bonchev–Trinajstić information content (AvgIpc) is 3.31. The molecule has 0 aliphatic heterocycles. The van der Waals surface area contributed by atoms with E-state index in [1.54, 1.807) is 48.5 Å². The van der Waals surface area contributed by atoms with Crippen LogP contribution in [-0.4, -0.2) is 26.8 Å². The van der Waals surface area contributed by atoms with Gasteiger partial charge in [0.15, 0.2) is 0 Å². The lowest BCUT2D eigenvalue weighted by atomic mass is 10.1. The van der Waals surface area contributed by atoms with Gasteiger partial charge < -0.3 is 14.3 Å². The van der Waals surface area contributed by atoms with Crippen molar-refractivity contribution in [3.63, 3.8) is 0 Å². The Labute approximate surface area is 169 Å². The maximum atomic E-state index is 13.2. The van der Waals surface area contributed by atoms with Crippen molar-refractivity contribution in [2.75, 3.05) is 0 Å². The molecular weight excluding hydrogens is 397 g/mol. The number of aryl methyl sites for hydroxylation is 1. The minimum Gasteiger partial charge on any atom is -0.417 e. The van der Waals surface area contributed by atoms with Crippen LogP contribution in [0.25, 0.3) is 22.5 Å². The van der Waals surface area contributed by atoms with E-state index in [0.717, 1.165) is 10.1 Å². The summed E-state index contributed by atoms with van der Waals surface area (Å²) in [6.07, 6.45) is -4.42. The third kappa shape index (κ3) is 4.05. The van der Waals surface area contributed by atoms with Gasteiger partial charge in [0, 0.05) is 16.5 Å². The predicted molar refractivity (Wildman–Crippen MR) is 104 cm³/mol. The van der Waals surface area contributed by atoms with Gasteiger partial charge in [0.2, 0.25) is 5.89 Å². The standard InChI is InChI=1S/C21H17F3N4O2/c1-13-6-5-9-16-15(13)10-17(28(16)12-21(22,23)24)20-27-26-18(30-20)11-25-19(29)14-7-3-2-4-8-14/h2-10H,11-12H2,1H3,(H,25,29). The Kier molecular flexibility index (Phi) is 5.03. The van der Waals surface area contributed by atoms with E-state index in [9.17, 15) is 18.0 Å². The summed E-state index contributed by atoms with van der Waals surface area (Å²) in [4.78, 5) is 12.1. The number of hydrogen-bond acceptors (Lipinski definition) is 4. The van der Waals surface area contributed by atoms with Crippen molar-refractivity contribution >= 4 is 16.8 Å². The monoisotopic (exact) mass is 414 g/mol. The fourth-order valence-corrected chi connectivity index (χ4v) is 3.24. The van der Waals surface area contributed by atoms with Crippen molar-refractivity contribution in [1.82, 2.24) is 20.1 Å². The molecule has 0 aliphatic rings. The van der Waals surface area contributed by atoms with Crippen LogP contribution in [0, 0.1) is 6.92 Å². The Morgan fingerprint density at radius 3 is 2.60 bits per heavy atom. The molecule has 0 bridgehead atoms. The number of alkyl halides is 3. The van der Waals surface area contributed by atoms with Crippen LogP contribution in [-0.2, 0) is 13.1 Å². The Balaban J connectivity index is 1.62. The van der Waals surface area contributed by atoms with Crippen LogP contribution in [0.15, 0.2) is 59.0 Å². The van der Waals surface area contributed by atoms with Crippen molar-refractivity contribution in [1.29, 1.82) is 0 Å². The molecule has 1 N–H and O–H groups in total. The van der Waals surface area contributed by atoms with E-state index in [-0.39, 0.29) is 29.9 Å². The van der Waals surface area contributed by atoms with Gasteiger partial charge >= 0.3 is 6.18 Å². The molecule has 1 amide bonds. The molecule has 0 saturated carbocycles. The summed E-state index contributed by atoms with van der Waals surface area (Å²) < 4.78 is 46.2. The Hall–Kier alpha value is -3.62. The highest BCUT2D eigenvalue weighted by atomic mass is 19.4. The zero-order chi connectivity index (χ0) is 21.3. The molecule has 0 atom stereocenters. The second-order valence-corrected chi connectivity index (χ2v) is 6.79. The third-order valence-corrected chi connectivity index (χ3v) is 4.62. The van der Waals surface area contributed by atoms with E-state index in [4.69, 9.17) is 4.42 Å². The number of carbonyl (C=O) groups is 1. The molecule has 2 aromatic carbocycles. The molecule has 0 spiro atoms. The SMILES string of the molecule is Cc1cccc2c1cc(-c1nnc(CNC(=O)c3ccccc3)o1)n2CC(F)(F)F. The van der Waals surface area contributed by atoms with Crippen molar-refractivity contribution in [3.05, 3.63) is 71.6 Å². The second kappa shape index (κ2) is 7.66. The lowest BCUT2D eigenvalue weighted by molar-refractivity contribution is -0.139. The summed E-state index contributed by atoms with van der Waals surface area (Å²) in [6, 6.07) is 15.3. The van der Waals surface area contributed by atoms with Gasteiger partial charge in [-0.3, -0.25) is 4.79 Å². The van der Waals surface area contributed by atoms with Gasteiger partial charge in [0.1, 0.15) is 12.2 Å². The predicted octanol–water partition coefficient (Wildman–Crippen LogP) is 4.49. The molecule has 30 heavy (non-hydrogen) atoms. The number of aromatic nitrogens is 3. The van der Waals surface area contributed by atoms with Gasteiger partial charge in [-0.2, -0.15) is 13.2 Å². The van der Waals surface area contributed by atoms with E-state index >= 15 is 0 Å². The molecule has 0 fully saturated rings. The fraction of sp³-hybridized carbons (Fsp3) is 0.190. The quantitative estimate of drug-likeness (QED) is 0.522. The van der Waals surface area contributed by atoms with Crippen molar-refractivity contribution in [2.45, 2.75) is 26.2 Å². The molecule has 0 saturated heterocycles. The molecule has 4 aromatic rings. The van der Waals surface area contributed by atoms with Gasteiger partial charge in [-0.05, 0) is 36.8 Å². The minimum absolute atomic E-state index is 0.0424. The highest BCUT2D eigenvalue weighted by Crippen LogP contribution is 2.32. The molecule has 0 radical (unpaired) electrons. The van der Waals surface area contributed by atoms with E-state index in [0.29, 0.717) is 16.5 Å². The van der Waals surface area contributed by atoms with Gasteiger partial charge in [0.05, 0.1) is 6.54 Å². The van der Waals surface area contributed by atoms with Crippen LogP contribution in [0.3, 0.4) is 0 Å². The lowest BCUT2D eigenvalue weighted by Crippen LogP contribution is -2.22. The van der Waals surface area contributed by atoms with Crippen LogP contribution in [0.1, 0.15) is 21.8 Å². The number of nitrogens with one attached hydrogen (secondary N) is 1. The van der Waals surface area contributed by atoms with Crippen LogP contribution in [0.4, 0.5) is 13.2 Å². The zero-order valence-corrected chi connectivity index (χ0v) is 15.9. The minimum atomic E-state index is -4.42. The topological polar surface area (TPSA) is 73.0 Å². The number of hydrogen-bond donors (Lipinski definition) is 1. The highest BCUT2D eigenvalue weighted by molar-refractivity contribution is 5.94. The van der Waals surface area contributed by atoms with E-state index in [2.05, 4.69) is 15.5 Å². The number of carbonyl (C=O) groups excluding carboxylic acids is 1. The lowest BCUT2D eigenvalue weighted by Gasteiger charge is -2.11. The molecule has 0 unspecified atom stereocenters. The third-order valence-electron chi connectivity index (χ3n) is 4.62. The number of amides is 1. The maximum Gasteiger partial charge on any atom is 0.406 e. The molecule has 6 nitrogen and oxygen atoms in total. The molecule has 4 rings (SSSR count). The van der Waals surface area contributed by atoms with Gasteiger partial charge in [-0.15, -0.1) is 10.2 Å². The first kappa shape index (κ1) is 19.7. The van der Waals surface area contributed by atoms with E-state index < -0.39 is 12.7 Å². The maximum absolute atomic E-state index is 13.2. The summed E-state index contributed by atoms with van der Waals surface area (Å²) in [6.45, 7) is 0.597. The summed E-state index contributed by atoms with van der Waals surface area (Å²) >= 11 is 0. The number of fused-ring (bicyclic) bond motifs is 1. The highest BCUT2D eigenvalue weighted by Gasteiger charge is 2.31. The summed E-state index contributed by atoms with van der Waals surface area (Å²) in [5, 5.41) is 11.1. The first-order valence-corrected chi connectivity index (χ1v) is 9.13. The first-order chi connectivity index (χ1) is 14.3. The summed E-state index contributed by atoms with van der Waals surface area (Å²) in [5.74, 6) is -0.272. The Bertz CT molecular complexity index is 1200. The van der Waals surface area contributed by atoms with Gasteiger partial charge in [-0.25, -0.2) is 0 Å². The normalized spacial score (nSPS) is 11.7. The van der Waals surface area contributed by atoms with E-state index in [1.807, 2.05) is 13.0 Å². The zero-order valence-electron chi connectivity index (χ0n) is 15.9. The second-order valence-electron chi connectivity index (χ2n) is 6.79. The summed E-state index contributed by atoms with van der Waals surface area (Å²) in [5.41, 5.74) is 1.91. The number of rotatable bonds is 5. The molecule has 9 heteroatoms. The Morgan fingerprint density at radius 1 is 1.10 bits per heavy atom. The van der Waals surface area contributed by atoms with E-state index in [1.165, 1.54) is 0 Å². The molecule has 0 aliphatic carbocycles. The number of benzene rings is 2. The Morgan fingerprint density at radius 2 is 1.87 bits per heavy atom. The number of nitrogens with zero attached hydrogens (tertiary/aromatic N) is 3. The summed E-state index contributed by atoms with van der Waals surface area (Å²) in [7, 11) is 0. The van der Waals surface area contributed by atoms with Gasteiger partial charge in [0.25, 0.3) is 11.8 Å². The first-order valence-electron chi connectivity index (χ1n) is 9.13. The van der Waals surface area contributed by atoms with Crippen LogP contribution in [0.2, 0.25) is 0 Å². The van der Waals surface area contributed by atoms with Gasteiger partial charge in [-0.1, -0.05) is 30.3 Å². The van der Waals surface area contributed by atoms with Crippen LogP contribution < -0.4 is 5.32 Å².